The average Bonchev–Trinajstić information content (AvgIpc) is 3.26. The monoisotopic (exact) mass is 394 g/mol. The smallest absolute Gasteiger partial charge is 0.242 e. The van der Waals surface area contributed by atoms with Crippen LogP contribution in [0.1, 0.15) is 0 Å². The van der Waals surface area contributed by atoms with Gasteiger partial charge in [-0.15, -0.1) is 0 Å². The average molecular weight is 394 g/mol. The van der Waals surface area contributed by atoms with Crippen molar-refractivity contribution in [1.82, 2.24) is 24.2 Å². The molecule has 3 heterocycles. The summed E-state index contributed by atoms with van der Waals surface area (Å²) >= 11 is 0. The van der Waals surface area contributed by atoms with Crippen LogP contribution in [0.25, 0.3) is 16.7 Å². The van der Waals surface area contributed by atoms with E-state index < -0.39 is 10.0 Å². The molecule has 142 valence electrons. The molecule has 1 aromatic carbocycles. The normalized spacial score (nSPS) is 11.6. The van der Waals surface area contributed by atoms with E-state index in [1.165, 1.54) is 6.33 Å². The van der Waals surface area contributed by atoms with E-state index in [1.807, 2.05) is 41.2 Å². The number of hydrogen-bond acceptors (Lipinski definition) is 6. The lowest BCUT2D eigenvalue weighted by atomic mass is 10.2. The summed E-state index contributed by atoms with van der Waals surface area (Å²) in [6.45, 7) is 0.577. The van der Waals surface area contributed by atoms with Crippen LogP contribution in [0.5, 0.6) is 0 Å². The van der Waals surface area contributed by atoms with Crippen molar-refractivity contribution in [2.45, 2.75) is 4.90 Å². The van der Waals surface area contributed by atoms with Gasteiger partial charge in [-0.25, -0.2) is 23.1 Å². The Morgan fingerprint density at radius 3 is 2.61 bits per heavy atom. The summed E-state index contributed by atoms with van der Waals surface area (Å²) in [6, 6.07) is 14.3. The van der Waals surface area contributed by atoms with Crippen molar-refractivity contribution in [2.24, 2.45) is 0 Å². The number of fused-ring (bicyclic) bond motifs is 1. The van der Waals surface area contributed by atoms with E-state index in [0.29, 0.717) is 17.9 Å². The third-order valence-electron chi connectivity index (χ3n) is 4.13. The third-order valence-corrected chi connectivity index (χ3v) is 5.62. The third kappa shape index (κ3) is 3.85. The topological polar surface area (TPSA) is 102 Å². The van der Waals surface area contributed by atoms with Gasteiger partial charge in [0.15, 0.2) is 0 Å². The molecule has 0 bridgehead atoms. The highest BCUT2D eigenvalue weighted by atomic mass is 32.2. The van der Waals surface area contributed by atoms with Gasteiger partial charge in [-0.3, -0.25) is 4.98 Å². The molecule has 0 radical (unpaired) electrons. The first-order valence-corrected chi connectivity index (χ1v) is 10.1. The Hall–Kier alpha value is -3.30. The van der Waals surface area contributed by atoms with Crippen molar-refractivity contribution in [3.8, 4) is 5.82 Å². The summed E-state index contributed by atoms with van der Waals surface area (Å²) in [7, 11) is -3.67. The fourth-order valence-electron chi connectivity index (χ4n) is 2.82. The number of aromatic nitrogens is 4. The zero-order chi connectivity index (χ0) is 19.4. The van der Waals surface area contributed by atoms with E-state index in [4.69, 9.17) is 0 Å². The second kappa shape index (κ2) is 7.75. The fraction of sp³-hybridized carbons (Fsp3) is 0.105. The second-order valence-electron chi connectivity index (χ2n) is 6.01. The lowest BCUT2D eigenvalue weighted by molar-refractivity contribution is 0.583. The largest absolute Gasteiger partial charge is 0.369 e. The van der Waals surface area contributed by atoms with E-state index in [0.717, 1.165) is 11.2 Å². The molecule has 0 saturated carbocycles. The lowest BCUT2D eigenvalue weighted by Gasteiger charge is -2.10. The summed E-state index contributed by atoms with van der Waals surface area (Å²) in [5, 5.41) is 3.88. The molecule has 0 fully saturated rings. The molecular formula is C19H18N6O2S. The van der Waals surface area contributed by atoms with Crippen molar-refractivity contribution in [3.05, 3.63) is 73.4 Å². The van der Waals surface area contributed by atoms with Gasteiger partial charge < -0.3 is 9.88 Å². The molecule has 3 aromatic heterocycles. The number of benzene rings is 1. The van der Waals surface area contributed by atoms with Crippen molar-refractivity contribution in [1.29, 1.82) is 0 Å². The van der Waals surface area contributed by atoms with Crippen molar-refractivity contribution in [3.63, 3.8) is 0 Å². The van der Waals surface area contributed by atoms with Gasteiger partial charge in [-0.05, 0) is 24.3 Å². The quantitative estimate of drug-likeness (QED) is 0.466. The molecule has 4 aromatic rings. The van der Waals surface area contributed by atoms with Gasteiger partial charge in [0.2, 0.25) is 10.0 Å². The minimum Gasteiger partial charge on any atom is -0.369 e. The number of rotatable bonds is 7. The number of pyridine rings is 1. The molecule has 2 N–H and O–H groups in total. The van der Waals surface area contributed by atoms with Crippen LogP contribution in [0.15, 0.2) is 78.3 Å². The molecule has 28 heavy (non-hydrogen) atoms. The first-order valence-electron chi connectivity index (χ1n) is 8.66. The molecule has 0 unspecified atom stereocenters. The predicted octanol–water partition coefficient (Wildman–Crippen LogP) is 2.21. The van der Waals surface area contributed by atoms with Gasteiger partial charge in [0.25, 0.3) is 0 Å². The number of anilines is 1. The van der Waals surface area contributed by atoms with Crippen molar-refractivity contribution in [2.75, 3.05) is 18.4 Å². The number of sulfonamides is 1. The highest BCUT2D eigenvalue weighted by Gasteiger charge is 2.17. The zero-order valence-electron chi connectivity index (χ0n) is 14.9. The van der Waals surface area contributed by atoms with Crippen LogP contribution in [0.2, 0.25) is 0 Å². The zero-order valence-corrected chi connectivity index (χ0v) is 15.7. The molecule has 0 amide bonds. The maximum Gasteiger partial charge on any atom is 0.242 e. The molecule has 0 saturated heterocycles. The molecular weight excluding hydrogens is 376 g/mol. The minimum atomic E-state index is -3.67. The van der Waals surface area contributed by atoms with Crippen LogP contribution >= 0.6 is 0 Å². The van der Waals surface area contributed by atoms with E-state index in [1.54, 1.807) is 30.5 Å². The summed E-state index contributed by atoms with van der Waals surface area (Å²) in [4.78, 5) is 12.7. The number of hydrogen-bond donors (Lipinski definition) is 2. The standard InChI is InChI=1S/C19H18N6O2S/c26-28(27,16-7-3-5-15-6-4-8-21-19(15)16)24-10-9-20-17-13-18(23-14-22-17)25-11-1-2-12-25/h1-8,11-14,24H,9-10H2,(H,20,22,23). The van der Waals surface area contributed by atoms with E-state index >= 15 is 0 Å². The molecule has 9 heteroatoms. The van der Waals surface area contributed by atoms with Crippen molar-refractivity contribution < 1.29 is 8.42 Å². The number of para-hydroxylation sites is 1. The Kier molecular flexibility index (Phi) is 5.00. The molecule has 0 aliphatic heterocycles. The maximum absolute atomic E-state index is 12.7. The van der Waals surface area contributed by atoms with Gasteiger partial charge >= 0.3 is 0 Å². The van der Waals surface area contributed by atoms with E-state index in [-0.39, 0.29) is 11.4 Å². The first kappa shape index (κ1) is 18.1. The lowest BCUT2D eigenvalue weighted by Crippen LogP contribution is -2.29. The highest BCUT2D eigenvalue weighted by molar-refractivity contribution is 7.89. The number of nitrogens with one attached hydrogen (secondary N) is 2. The Labute approximate surface area is 162 Å². The SMILES string of the molecule is O=S(=O)(NCCNc1cc(-n2cccc2)ncn1)c1cccc2cccnc12. The van der Waals surface area contributed by atoms with Crippen LogP contribution in [0.3, 0.4) is 0 Å². The van der Waals surface area contributed by atoms with Gasteiger partial charge in [0, 0.05) is 43.1 Å². The van der Waals surface area contributed by atoms with E-state index in [2.05, 4.69) is 25.0 Å². The van der Waals surface area contributed by atoms with Crippen LogP contribution in [-0.4, -0.2) is 41.0 Å². The van der Waals surface area contributed by atoms with Crippen LogP contribution < -0.4 is 10.0 Å². The molecule has 0 aliphatic rings. The Balaban J connectivity index is 1.40. The molecule has 8 nitrogen and oxygen atoms in total. The van der Waals surface area contributed by atoms with Gasteiger partial charge in [-0.2, -0.15) is 0 Å². The van der Waals surface area contributed by atoms with Crippen LogP contribution in [0.4, 0.5) is 5.82 Å². The summed E-state index contributed by atoms with van der Waals surface area (Å²) in [6.07, 6.45) is 6.82. The van der Waals surface area contributed by atoms with E-state index in [9.17, 15) is 8.42 Å². The fourth-order valence-corrected chi connectivity index (χ4v) is 4.03. The van der Waals surface area contributed by atoms with Gasteiger partial charge in [0.1, 0.15) is 22.9 Å². The molecule has 0 aliphatic carbocycles. The highest BCUT2D eigenvalue weighted by Crippen LogP contribution is 2.20. The second-order valence-corrected chi connectivity index (χ2v) is 7.74. The van der Waals surface area contributed by atoms with Gasteiger partial charge in [-0.1, -0.05) is 18.2 Å². The van der Waals surface area contributed by atoms with Crippen LogP contribution in [0, 0.1) is 0 Å². The van der Waals surface area contributed by atoms with Crippen molar-refractivity contribution >= 4 is 26.7 Å². The first-order chi connectivity index (χ1) is 13.6. The molecule has 0 spiro atoms. The Bertz CT molecular complexity index is 1190. The molecule has 0 atom stereocenters. The Morgan fingerprint density at radius 2 is 1.75 bits per heavy atom. The summed E-state index contributed by atoms with van der Waals surface area (Å²) in [5.41, 5.74) is 0.456. The van der Waals surface area contributed by atoms with Gasteiger partial charge in [0.05, 0.1) is 5.52 Å². The predicted molar refractivity (Wildman–Crippen MR) is 107 cm³/mol. The minimum absolute atomic E-state index is 0.169. The summed E-state index contributed by atoms with van der Waals surface area (Å²) in [5.74, 6) is 1.34. The molecule has 4 rings (SSSR count). The number of nitrogens with zero attached hydrogens (tertiary/aromatic N) is 4. The van der Waals surface area contributed by atoms with Crippen LogP contribution in [-0.2, 0) is 10.0 Å². The Morgan fingerprint density at radius 1 is 0.929 bits per heavy atom. The summed E-state index contributed by atoms with van der Waals surface area (Å²) < 4.78 is 29.8. The maximum atomic E-state index is 12.7.